The van der Waals surface area contributed by atoms with E-state index < -0.39 is 30.3 Å². The molecule has 2 unspecified atom stereocenters. The highest BCUT2D eigenvalue weighted by Gasteiger charge is 2.45. The number of halogens is 3. The molecule has 0 amide bonds. The summed E-state index contributed by atoms with van der Waals surface area (Å²) in [6.45, 7) is 2.49. The number of esters is 2. The van der Waals surface area contributed by atoms with Crippen molar-refractivity contribution in [3.05, 3.63) is 29.8 Å². The number of unbranched alkanes of at least 4 members (excludes halogenated alkanes) is 1. The van der Waals surface area contributed by atoms with Gasteiger partial charge in [0.25, 0.3) is 0 Å². The lowest BCUT2D eigenvalue weighted by Crippen LogP contribution is -2.37. The van der Waals surface area contributed by atoms with Crippen LogP contribution in [0.25, 0.3) is 0 Å². The molecule has 0 saturated carbocycles. The number of rotatable bonds is 9. The SMILES string of the molecule is CCCCOc1ccc(C(OC(=O)C(F)(F)F)C(OC)C(=O)OC)cc1. The fourth-order valence-electron chi connectivity index (χ4n) is 2.03. The Kier molecular flexibility index (Phi) is 8.37. The minimum Gasteiger partial charge on any atom is -0.494 e. The Morgan fingerprint density at radius 2 is 1.73 bits per heavy atom. The Morgan fingerprint density at radius 1 is 1.12 bits per heavy atom. The number of ether oxygens (including phenoxy) is 4. The summed E-state index contributed by atoms with van der Waals surface area (Å²) in [6, 6.07) is 5.79. The van der Waals surface area contributed by atoms with Gasteiger partial charge in [0.15, 0.2) is 12.2 Å². The molecule has 2 atom stereocenters. The Morgan fingerprint density at radius 3 is 2.19 bits per heavy atom. The highest BCUT2D eigenvalue weighted by molar-refractivity contribution is 5.79. The first-order chi connectivity index (χ1) is 12.2. The molecule has 0 aliphatic rings. The van der Waals surface area contributed by atoms with E-state index in [4.69, 9.17) is 9.47 Å². The lowest BCUT2D eigenvalue weighted by molar-refractivity contribution is -0.212. The summed E-state index contributed by atoms with van der Waals surface area (Å²) in [4.78, 5) is 23.0. The monoisotopic (exact) mass is 378 g/mol. The van der Waals surface area contributed by atoms with Gasteiger partial charge < -0.3 is 18.9 Å². The summed E-state index contributed by atoms with van der Waals surface area (Å²) >= 11 is 0. The van der Waals surface area contributed by atoms with Crippen LogP contribution in [0.5, 0.6) is 5.75 Å². The summed E-state index contributed by atoms with van der Waals surface area (Å²) in [5, 5.41) is 0. The number of carbonyl (C=O) groups is 2. The van der Waals surface area contributed by atoms with Crippen molar-refractivity contribution in [1.82, 2.24) is 0 Å². The van der Waals surface area contributed by atoms with Crippen LogP contribution < -0.4 is 4.74 Å². The summed E-state index contributed by atoms with van der Waals surface area (Å²) in [5.74, 6) is -2.91. The van der Waals surface area contributed by atoms with Gasteiger partial charge in [0.1, 0.15) is 5.75 Å². The summed E-state index contributed by atoms with van der Waals surface area (Å²) in [6.07, 6.45) is -6.61. The molecule has 0 bridgehead atoms. The number of methoxy groups -OCH3 is 2. The average molecular weight is 378 g/mol. The third kappa shape index (κ3) is 6.21. The van der Waals surface area contributed by atoms with Gasteiger partial charge in [-0.05, 0) is 24.1 Å². The highest BCUT2D eigenvalue weighted by atomic mass is 19.4. The fourth-order valence-corrected chi connectivity index (χ4v) is 2.03. The molecular weight excluding hydrogens is 357 g/mol. The maximum Gasteiger partial charge on any atom is 0.490 e. The van der Waals surface area contributed by atoms with Crippen LogP contribution >= 0.6 is 0 Å². The minimum atomic E-state index is -5.21. The van der Waals surface area contributed by atoms with Crippen LogP contribution in [0, 0.1) is 0 Å². The number of carbonyl (C=O) groups excluding carboxylic acids is 2. The Balaban J connectivity index is 3.06. The minimum absolute atomic E-state index is 0.127. The van der Waals surface area contributed by atoms with Crippen molar-refractivity contribution in [3.8, 4) is 5.75 Å². The maximum atomic E-state index is 12.6. The van der Waals surface area contributed by atoms with E-state index in [9.17, 15) is 22.8 Å². The molecule has 0 fully saturated rings. The van der Waals surface area contributed by atoms with Crippen LogP contribution in [0.2, 0.25) is 0 Å². The first-order valence-electron chi connectivity index (χ1n) is 7.85. The zero-order valence-corrected chi connectivity index (χ0v) is 14.7. The standard InChI is InChI=1S/C17H21F3O6/c1-4-5-10-25-12-8-6-11(7-9-12)13(14(23-2)15(21)24-3)26-16(22)17(18,19)20/h6-9,13-14H,4-5,10H2,1-3H3. The second kappa shape index (κ2) is 10.0. The number of alkyl halides is 3. The molecule has 26 heavy (non-hydrogen) atoms. The Hall–Kier alpha value is -2.29. The van der Waals surface area contributed by atoms with E-state index >= 15 is 0 Å². The van der Waals surface area contributed by atoms with E-state index in [0.29, 0.717) is 12.4 Å². The second-order valence-electron chi connectivity index (χ2n) is 5.27. The van der Waals surface area contributed by atoms with Gasteiger partial charge in [-0.3, -0.25) is 0 Å². The quantitative estimate of drug-likeness (QED) is 0.485. The summed E-state index contributed by atoms with van der Waals surface area (Å²) < 4.78 is 57.0. The Labute approximate surface area is 149 Å². The van der Waals surface area contributed by atoms with Gasteiger partial charge >= 0.3 is 18.1 Å². The molecular formula is C17H21F3O6. The van der Waals surface area contributed by atoms with E-state index in [2.05, 4.69) is 9.47 Å². The lowest BCUT2D eigenvalue weighted by Gasteiger charge is -2.25. The molecule has 0 N–H and O–H groups in total. The van der Waals surface area contributed by atoms with Crippen molar-refractivity contribution in [1.29, 1.82) is 0 Å². The molecule has 0 saturated heterocycles. The van der Waals surface area contributed by atoms with Crippen LogP contribution in [0.1, 0.15) is 31.4 Å². The van der Waals surface area contributed by atoms with E-state index in [-0.39, 0.29) is 5.56 Å². The van der Waals surface area contributed by atoms with Gasteiger partial charge in [-0.2, -0.15) is 13.2 Å². The molecule has 0 heterocycles. The van der Waals surface area contributed by atoms with Crippen LogP contribution in [-0.2, 0) is 23.8 Å². The smallest absolute Gasteiger partial charge is 0.490 e. The zero-order chi connectivity index (χ0) is 19.7. The van der Waals surface area contributed by atoms with Crippen molar-refractivity contribution in [2.24, 2.45) is 0 Å². The summed E-state index contributed by atoms with van der Waals surface area (Å²) in [7, 11) is 2.14. The van der Waals surface area contributed by atoms with Gasteiger partial charge in [-0.1, -0.05) is 25.5 Å². The molecule has 0 radical (unpaired) electrons. The molecule has 1 aromatic rings. The van der Waals surface area contributed by atoms with Gasteiger partial charge in [-0.15, -0.1) is 0 Å². The van der Waals surface area contributed by atoms with Gasteiger partial charge in [0.05, 0.1) is 13.7 Å². The van der Waals surface area contributed by atoms with E-state index in [1.165, 1.54) is 24.3 Å². The molecule has 146 valence electrons. The molecule has 0 aromatic heterocycles. The largest absolute Gasteiger partial charge is 0.494 e. The predicted octanol–water partition coefficient (Wildman–Crippen LogP) is 3.20. The second-order valence-corrected chi connectivity index (χ2v) is 5.27. The van der Waals surface area contributed by atoms with Crippen molar-refractivity contribution >= 4 is 11.9 Å². The normalized spacial score (nSPS) is 13.6. The molecule has 0 aliphatic heterocycles. The van der Waals surface area contributed by atoms with Gasteiger partial charge in [0, 0.05) is 7.11 Å². The number of hydrogen-bond donors (Lipinski definition) is 0. The van der Waals surface area contributed by atoms with Crippen LogP contribution in [0.15, 0.2) is 24.3 Å². The van der Waals surface area contributed by atoms with E-state index in [0.717, 1.165) is 27.1 Å². The third-order valence-corrected chi connectivity index (χ3v) is 3.40. The topological polar surface area (TPSA) is 71.1 Å². The predicted molar refractivity (Wildman–Crippen MR) is 84.5 cm³/mol. The van der Waals surface area contributed by atoms with Crippen molar-refractivity contribution in [2.45, 2.75) is 38.1 Å². The Bertz CT molecular complexity index is 585. The molecule has 0 spiro atoms. The van der Waals surface area contributed by atoms with Crippen LogP contribution in [0.3, 0.4) is 0 Å². The van der Waals surface area contributed by atoms with Crippen LogP contribution in [-0.4, -0.2) is 45.0 Å². The van der Waals surface area contributed by atoms with Gasteiger partial charge in [-0.25, -0.2) is 9.59 Å². The first kappa shape index (κ1) is 21.8. The molecule has 1 rings (SSSR count). The highest BCUT2D eigenvalue weighted by Crippen LogP contribution is 2.29. The van der Waals surface area contributed by atoms with Gasteiger partial charge in [0.2, 0.25) is 0 Å². The molecule has 6 nitrogen and oxygen atoms in total. The fraction of sp³-hybridized carbons (Fsp3) is 0.529. The summed E-state index contributed by atoms with van der Waals surface area (Å²) in [5.41, 5.74) is 0.127. The third-order valence-electron chi connectivity index (χ3n) is 3.40. The lowest BCUT2D eigenvalue weighted by atomic mass is 10.0. The first-order valence-corrected chi connectivity index (χ1v) is 7.85. The van der Waals surface area contributed by atoms with Crippen molar-refractivity contribution < 1.29 is 41.7 Å². The molecule has 0 aliphatic carbocycles. The average Bonchev–Trinajstić information content (AvgIpc) is 2.61. The van der Waals surface area contributed by atoms with Crippen molar-refractivity contribution in [3.63, 3.8) is 0 Å². The van der Waals surface area contributed by atoms with Crippen LogP contribution in [0.4, 0.5) is 13.2 Å². The molecule has 9 heteroatoms. The van der Waals surface area contributed by atoms with Crippen molar-refractivity contribution in [2.75, 3.05) is 20.8 Å². The molecule has 1 aromatic carbocycles. The number of benzene rings is 1. The zero-order valence-electron chi connectivity index (χ0n) is 14.7. The van der Waals surface area contributed by atoms with E-state index in [1.54, 1.807) is 0 Å². The number of hydrogen-bond acceptors (Lipinski definition) is 6. The maximum absolute atomic E-state index is 12.6. The van der Waals surface area contributed by atoms with E-state index in [1.807, 2.05) is 6.92 Å².